The molecule has 25 heavy (non-hydrogen) atoms. The Labute approximate surface area is 153 Å². The Kier molecular flexibility index (Phi) is 5.40. The topological polar surface area (TPSA) is 71.2 Å². The first kappa shape index (κ1) is 17.5. The third kappa shape index (κ3) is 3.86. The summed E-state index contributed by atoms with van der Waals surface area (Å²) in [5.74, 6) is -0.640. The monoisotopic (exact) mass is 376 g/mol. The molecule has 5 nitrogen and oxygen atoms in total. The lowest BCUT2D eigenvalue weighted by Crippen LogP contribution is -2.23. The number of hydrogen-bond acceptors (Lipinski definition) is 5. The van der Waals surface area contributed by atoms with Gasteiger partial charge in [0, 0.05) is 21.8 Å². The van der Waals surface area contributed by atoms with Gasteiger partial charge in [0.2, 0.25) is 0 Å². The molecule has 0 amide bonds. The van der Waals surface area contributed by atoms with Crippen LogP contribution in [0.1, 0.15) is 22.2 Å². The highest BCUT2D eigenvalue weighted by atomic mass is 35.5. The number of rotatable bonds is 6. The van der Waals surface area contributed by atoms with Crippen LogP contribution in [0.25, 0.3) is 10.9 Å². The summed E-state index contributed by atoms with van der Waals surface area (Å²) in [6.45, 7) is 2.50. The molecule has 0 spiro atoms. The first-order valence-electron chi connectivity index (χ1n) is 7.89. The zero-order chi connectivity index (χ0) is 17.8. The molecular formula is C18H17ClN2O3S. The second-order valence-corrected chi connectivity index (χ2v) is 6.84. The molecule has 3 aromatic rings. The fraction of sp³-hybridized carbons (Fsp3) is 0.222. The highest BCUT2D eigenvalue weighted by Gasteiger charge is 2.20. The predicted octanol–water partition coefficient (Wildman–Crippen LogP) is 4.07. The van der Waals surface area contributed by atoms with Gasteiger partial charge >= 0.3 is 5.97 Å². The van der Waals surface area contributed by atoms with E-state index in [-0.39, 0.29) is 12.2 Å². The summed E-state index contributed by atoms with van der Waals surface area (Å²) < 4.78 is 5.05. The zero-order valence-electron chi connectivity index (χ0n) is 13.6. The molecule has 0 aliphatic rings. The number of aromatic amines is 1. The van der Waals surface area contributed by atoms with Crippen LogP contribution in [0.2, 0.25) is 5.02 Å². The number of thiophene rings is 1. The average molecular weight is 377 g/mol. The summed E-state index contributed by atoms with van der Waals surface area (Å²) in [4.78, 5) is 28.6. The molecule has 0 fully saturated rings. The van der Waals surface area contributed by atoms with Crippen LogP contribution in [0.3, 0.4) is 0 Å². The number of fused-ring (bicyclic) bond motifs is 1. The normalized spacial score (nSPS) is 10.8. The number of ether oxygens (including phenoxy) is 1. The summed E-state index contributed by atoms with van der Waals surface area (Å²) in [6, 6.07) is 9.21. The van der Waals surface area contributed by atoms with Crippen LogP contribution < -0.4 is 10.9 Å². The third-order valence-electron chi connectivity index (χ3n) is 3.71. The summed E-state index contributed by atoms with van der Waals surface area (Å²) in [5, 5.41) is 6.49. The van der Waals surface area contributed by atoms with Crippen molar-refractivity contribution in [3.8, 4) is 0 Å². The van der Waals surface area contributed by atoms with Crippen molar-refractivity contribution >= 4 is 45.5 Å². The molecule has 7 heteroatoms. The van der Waals surface area contributed by atoms with E-state index in [0.717, 1.165) is 11.8 Å². The fourth-order valence-electron chi connectivity index (χ4n) is 2.62. The Morgan fingerprint density at radius 1 is 1.36 bits per heavy atom. The van der Waals surface area contributed by atoms with Crippen LogP contribution in [0.5, 0.6) is 0 Å². The largest absolute Gasteiger partial charge is 0.462 e. The number of H-pyrrole nitrogens is 1. The summed E-state index contributed by atoms with van der Waals surface area (Å²) in [5.41, 5.74) is 0.546. The van der Waals surface area contributed by atoms with Crippen LogP contribution in [0.4, 0.5) is 5.69 Å². The SMILES string of the molecule is CCOC(=O)c1c(NCCc2cccs2)c2ccc(Cl)cc2[nH]c1=O. The Morgan fingerprint density at radius 2 is 2.20 bits per heavy atom. The molecule has 130 valence electrons. The van der Waals surface area contributed by atoms with Gasteiger partial charge in [-0.3, -0.25) is 4.79 Å². The molecule has 0 saturated carbocycles. The van der Waals surface area contributed by atoms with Gasteiger partial charge in [0.05, 0.1) is 17.8 Å². The van der Waals surface area contributed by atoms with Crippen LogP contribution >= 0.6 is 22.9 Å². The molecule has 0 bridgehead atoms. The highest BCUT2D eigenvalue weighted by Crippen LogP contribution is 2.27. The van der Waals surface area contributed by atoms with Crippen LogP contribution in [-0.2, 0) is 11.2 Å². The van der Waals surface area contributed by atoms with Crippen molar-refractivity contribution in [3.05, 3.63) is 61.5 Å². The van der Waals surface area contributed by atoms with E-state index in [1.807, 2.05) is 17.5 Å². The van der Waals surface area contributed by atoms with Crippen molar-refractivity contribution in [2.24, 2.45) is 0 Å². The smallest absolute Gasteiger partial charge is 0.345 e. The van der Waals surface area contributed by atoms with E-state index in [0.29, 0.717) is 22.8 Å². The lowest BCUT2D eigenvalue weighted by Gasteiger charge is -2.14. The van der Waals surface area contributed by atoms with Gasteiger partial charge in [0.15, 0.2) is 0 Å². The van der Waals surface area contributed by atoms with Crippen molar-refractivity contribution in [1.82, 2.24) is 4.98 Å². The predicted molar refractivity (Wildman–Crippen MR) is 102 cm³/mol. The Balaban J connectivity index is 2.02. The third-order valence-corrected chi connectivity index (χ3v) is 4.88. The van der Waals surface area contributed by atoms with Crippen molar-refractivity contribution < 1.29 is 9.53 Å². The van der Waals surface area contributed by atoms with Crippen molar-refractivity contribution in [2.45, 2.75) is 13.3 Å². The van der Waals surface area contributed by atoms with E-state index in [4.69, 9.17) is 16.3 Å². The second kappa shape index (κ2) is 7.72. The minimum atomic E-state index is -0.640. The van der Waals surface area contributed by atoms with E-state index >= 15 is 0 Å². The standard InChI is InChI=1S/C18H17ClN2O3S/c1-2-24-18(23)15-16(20-8-7-12-4-3-9-25-12)13-6-5-11(19)10-14(13)21-17(15)22/h3-6,9-10H,2,7-8H2,1H3,(H2,20,21,22). The summed E-state index contributed by atoms with van der Waals surface area (Å²) in [7, 11) is 0. The first-order chi connectivity index (χ1) is 12.1. The molecule has 0 radical (unpaired) electrons. The van der Waals surface area contributed by atoms with E-state index < -0.39 is 11.5 Å². The molecular weight excluding hydrogens is 360 g/mol. The van der Waals surface area contributed by atoms with Gasteiger partial charge in [0.25, 0.3) is 5.56 Å². The lowest BCUT2D eigenvalue weighted by atomic mass is 10.1. The van der Waals surface area contributed by atoms with Crippen molar-refractivity contribution in [1.29, 1.82) is 0 Å². The molecule has 0 aliphatic carbocycles. The number of aromatic nitrogens is 1. The van der Waals surface area contributed by atoms with Crippen molar-refractivity contribution in [3.63, 3.8) is 0 Å². The van der Waals surface area contributed by atoms with E-state index in [9.17, 15) is 9.59 Å². The van der Waals surface area contributed by atoms with Gasteiger partial charge in [-0.1, -0.05) is 17.7 Å². The molecule has 2 aromatic heterocycles. The average Bonchev–Trinajstić information content (AvgIpc) is 3.07. The van der Waals surface area contributed by atoms with Crippen molar-refractivity contribution in [2.75, 3.05) is 18.5 Å². The Hall–Kier alpha value is -2.31. The molecule has 1 aromatic carbocycles. The summed E-state index contributed by atoms with van der Waals surface area (Å²) in [6.07, 6.45) is 0.793. The molecule has 3 rings (SSSR count). The lowest BCUT2D eigenvalue weighted by molar-refractivity contribution is 0.0525. The van der Waals surface area contributed by atoms with Gasteiger partial charge in [-0.15, -0.1) is 11.3 Å². The number of nitrogens with one attached hydrogen (secondary N) is 2. The van der Waals surface area contributed by atoms with E-state index in [1.165, 1.54) is 4.88 Å². The van der Waals surface area contributed by atoms with Gasteiger partial charge in [-0.05, 0) is 43.0 Å². The Bertz CT molecular complexity index is 951. The number of hydrogen-bond donors (Lipinski definition) is 2. The minimum Gasteiger partial charge on any atom is -0.462 e. The molecule has 0 saturated heterocycles. The maximum Gasteiger partial charge on any atom is 0.345 e. The number of carbonyl (C=O) groups excluding carboxylic acids is 1. The Morgan fingerprint density at radius 3 is 2.92 bits per heavy atom. The van der Waals surface area contributed by atoms with Crippen LogP contribution in [-0.4, -0.2) is 24.1 Å². The number of carbonyl (C=O) groups is 1. The van der Waals surface area contributed by atoms with Crippen LogP contribution in [0, 0.1) is 0 Å². The number of benzene rings is 1. The van der Waals surface area contributed by atoms with E-state index in [1.54, 1.807) is 36.5 Å². The van der Waals surface area contributed by atoms with E-state index in [2.05, 4.69) is 10.3 Å². The summed E-state index contributed by atoms with van der Waals surface area (Å²) >= 11 is 7.68. The van der Waals surface area contributed by atoms with Gasteiger partial charge in [0.1, 0.15) is 5.56 Å². The number of pyridine rings is 1. The second-order valence-electron chi connectivity index (χ2n) is 5.37. The minimum absolute atomic E-state index is 0.0112. The first-order valence-corrected chi connectivity index (χ1v) is 9.15. The molecule has 0 unspecified atom stereocenters. The van der Waals surface area contributed by atoms with Gasteiger partial charge in [-0.2, -0.15) is 0 Å². The number of halogens is 1. The van der Waals surface area contributed by atoms with Gasteiger partial charge < -0.3 is 15.0 Å². The molecule has 0 aliphatic heterocycles. The highest BCUT2D eigenvalue weighted by molar-refractivity contribution is 7.09. The maximum atomic E-state index is 12.4. The molecule has 0 atom stereocenters. The number of anilines is 1. The number of esters is 1. The fourth-order valence-corrected chi connectivity index (χ4v) is 3.50. The van der Waals surface area contributed by atoms with Crippen LogP contribution in [0.15, 0.2) is 40.5 Å². The maximum absolute atomic E-state index is 12.4. The molecule has 2 N–H and O–H groups in total. The quantitative estimate of drug-likeness (QED) is 0.636. The van der Waals surface area contributed by atoms with Gasteiger partial charge in [-0.25, -0.2) is 4.79 Å². The zero-order valence-corrected chi connectivity index (χ0v) is 15.2. The molecule has 2 heterocycles.